The smallest absolute Gasteiger partial charge is 0.163 e. The first-order chi connectivity index (χ1) is 34.5. The second-order valence-corrected chi connectivity index (χ2v) is 23.4. The molecule has 1 radical (unpaired) electrons. The van der Waals surface area contributed by atoms with Gasteiger partial charge in [-0.25, -0.2) is 15.0 Å². The molecule has 0 amide bonds. The predicted molar refractivity (Wildman–Crippen MR) is 297 cm³/mol. The number of hydrogen-bond donors (Lipinski definition) is 0. The van der Waals surface area contributed by atoms with Gasteiger partial charge in [0.1, 0.15) is 17.2 Å². The second-order valence-electron chi connectivity index (χ2n) is 23.4. The summed E-state index contributed by atoms with van der Waals surface area (Å²) >= 11 is 0. The Morgan fingerprint density at radius 2 is 1.24 bits per heavy atom. The van der Waals surface area contributed by atoms with Crippen molar-refractivity contribution in [3.05, 3.63) is 179 Å². The van der Waals surface area contributed by atoms with Crippen LogP contribution in [0.2, 0.25) is 0 Å². The third-order valence-electron chi connectivity index (χ3n) is 15.1. The van der Waals surface area contributed by atoms with E-state index in [2.05, 4.69) is 216 Å². The van der Waals surface area contributed by atoms with Crippen LogP contribution in [0.5, 0.6) is 0 Å². The maximum Gasteiger partial charge on any atom is 0.163 e. The van der Waals surface area contributed by atoms with E-state index in [4.69, 9.17) is 24.4 Å². The third kappa shape index (κ3) is 9.10. The topological polar surface area (TPSA) is 82.5 Å². The van der Waals surface area contributed by atoms with E-state index in [-0.39, 0.29) is 59.4 Å². The summed E-state index contributed by atoms with van der Waals surface area (Å²) in [7, 11) is 0. The number of para-hydroxylation sites is 2. The molecule has 11 rings (SSSR count). The summed E-state index contributed by atoms with van der Waals surface area (Å²) < 4.78 is 22.8. The molecule has 9 heteroatoms. The molecular formula is C65H65FIrN6O-2. The van der Waals surface area contributed by atoms with Crippen molar-refractivity contribution in [2.45, 2.75) is 130 Å². The fourth-order valence-corrected chi connectivity index (χ4v) is 10.2. The first-order valence-electron chi connectivity index (χ1n) is 25.6. The van der Waals surface area contributed by atoms with Crippen LogP contribution in [0.4, 0.5) is 4.39 Å². The zero-order valence-electron chi connectivity index (χ0n) is 45.1. The van der Waals surface area contributed by atoms with E-state index in [9.17, 15) is 4.39 Å². The number of halogens is 1. The molecule has 74 heavy (non-hydrogen) atoms. The maximum atomic E-state index is 13.6. The van der Waals surface area contributed by atoms with Crippen molar-refractivity contribution in [3.8, 4) is 50.8 Å². The fraction of sp³-hybridized carbons (Fsp3) is 0.308. The fourth-order valence-electron chi connectivity index (χ4n) is 10.2. The van der Waals surface area contributed by atoms with E-state index in [1.807, 2.05) is 12.1 Å². The first kappa shape index (κ1) is 52.2. The minimum absolute atomic E-state index is 0. The quantitative estimate of drug-likeness (QED) is 0.154. The summed E-state index contributed by atoms with van der Waals surface area (Å²) in [5.41, 5.74) is 14.7. The van der Waals surface area contributed by atoms with Crippen LogP contribution < -0.4 is 0 Å². The molecule has 0 aliphatic heterocycles. The molecule has 4 heterocycles. The van der Waals surface area contributed by atoms with Gasteiger partial charge in [-0.1, -0.05) is 174 Å². The number of benzene rings is 6. The average molecular weight is 1160 g/mol. The van der Waals surface area contributed by atoms with Crippen LogP contribution in [-0.4, -0.2) is 29.5 Å². The minimum Gasteiger partial charge on any atom is -0.501 e. The molecule has 0 atom stereocenters. The largest absolute Gasteiger partial charge is 0.501 e. The number of aromatic nitrogens is 6. The van der Waals surface area contributed by atoms with Crippen LogP contribution in [0.15, 0.2) is 132 Å². The average Bonchev–Trinajstić information content (AvgIpc) is 3.94. The van der Waals surface area contributed by atoms with Gasteiger partial charge in [-0.3, -0.25) is 9.37 Å². The van der Waals surface area contributed by atoms with Gasteiger partial charge in [-0.2, -0.15) is 0 Å². The molecule has 6 aromatic carbocycles. The van der Waals surface area contributed by atoms with Crippen molar-refractivity contribution >= 4 is 33.0 Å². The number of imidazole rings is 1. The summed E-state index contributed by atoms with van der Waals surface area (Å²) in [4.78, 5) is 24.7. The van der Waals surface area contributed by atoms with Gasteiger partial charge in [0.05, 0.1) is 22.4 Å². The number of rotatable bonds is 6. The molecule has 1 aliphatic rings. The summed E-state index contributed by atoms with van der Waals surface area (Å²) in [5.74, 6) is 3.28. The Balaban J connectivity index is 0.000000281. The van der Waals surface area contributed by atoms with Gasteiger partial charge >= 0.3 is 0 Å². The Morgan fingerprint density at radius 3 is 1.89 bits per heavy atom. The number of nitrogens with zero attached hydrogens (tertiary/aromatic N) is 6. The first-order valence-corrected chi connectivity index (χ1v) is 25.6. The molecule has 7 nitrogen and oxygen atoms in total. The zero-order valence-corrected chi connectivity index (χ0v) is 47.5. The summed E-state index contributed by atoms with van der Waals surface area (Å²) in [6, 6.07) is 47.9. The van der Waals surface area contributed by atoms with E-state index < -0.39 is 0 Å². The minimum atomic E-state index is -0.234. The number of pyridine rings is 1. The Morgan fingerprint density at radius 1 is 0.608 bits per heavy atom. The Hall–Kier alpha value is -6.67. The van der Waals surface area contributed by atoms with E-state index in [0.717, 1.165) is 78.4 Å². The van der Waals surface area contributed by atoms with Crippen molar-refractivity contribution in [1.29, 1.82) is 0 Å². The molecule has 0 unspecified atom stereocenters. The van der Waals surface area contributed by atoms with Gasteiger partial charge in [0.25, 0.3) is 0 Å². The molecule has 0 bridgehead atoms. The maximum absolute atomic E-state index is 13.6. The second kappa shape index (κ2) is 19.2. The summed E-state index contributed by atoms with van der Waals surface area (Å²) in [6.07, 6.45) is 1.79. The van der Waals surface area contributed by atoms with Crippen LogP contribution in [0.25, 0.3) is 83.8 Å². The van der Waals surface area contributed by atoms with Crippen molar-refractivity contribution in [3.63, 3.8) is 0 Å². The molecule has 10 aromatic rings. The van der Waals surface area contributed by atoms with E-state index in [1.54, 1.807) is 12.3 Å². The van der Waals surface area contributed by atoms with E-state index >= 15 is 0 Å². The van der Waals surface area contributed by atoms with Gasteiger partial charge in [-0.05, 0) is 87.0 Å². The Bertz CT molecular complexity index is 3680. The van der Waals surface area contributed by atoms with Gasteiger partial charge in [0.2, 0.25) is 0 Å². The molecule has 0 N–H and O–H groups in total. The van der Waals surface area contributed by atoms with Crippen LogP contribution in [0, 0.1) is 17.9 Å². The van der Waals surface area contributed by atoms with Crippen molar-refractivity contribution in [2.24, 2.45) is 0 Å². The number of hydrogen-bond acceptors (Lipinski definition) is 6. The van der Waals surface area contributed by atoms with Crippen molar-refractivity contribution < 1.29 is 28.9 Å². The summed E-state index contributed by atoms with van der Waals surface area (Å²) in [6.45, 7) is 30.7. The molecule has 0 saturated heterocycles. The normalized spacial score (nSPS) is 14.0. The monoisotopic (exact) mass is 1160 g/mol. The number of fused-ring (bicyclic) bond motifs is 7. The zero-order chi connectivity index (χ0) is 51.9. The molecule has 0 spiro atoms. The molecular weight excluding hydrogens is 1090 g/mol. The van der Waals surface area contributed by atoms with Crippen molar-refractivity contribution in [1.82, 2.24) is 29.5 Å². The molecule has 379 valence electrons. The Kier molecular flexibility index (Phi) is 13.6. The SMILES string of the molecule is CC(C)c1cc(-c2ccccc2)cc(C(C)C)c1-n1c(-c2[c-]ccc3c2oc2cc(-c4nc(C(C)(C)C)nc(C(C)(C)C)n4)ccc23)nc2ccccc21.CC1(C)c2cc(F)c[c-]c2-c2ncccc2C1(C)C.[Ir]. The van der Waals surface area contributed by atoms with Gasteiger partial charge in [-0.15, -0.1) is 47.5 Å². The molecule has 0 fully saturated rings. The van der Waals surface area contributed by atoms with Gasteiger partial charge in [0.15, 0.2) is 5.82 Å². The van der Waals surface area contributed by atoms with Crippen molar-refractivity contribution in [2.75, 3.05) is 0 Å². The standard InChI is InChI=1S/C48H48N5O.C17H17FN.Ir/c1-28(2)36-25-32(30-17-12-11-13-18-30)26-37(29(3)4)41(36)53-39-22-15-14-21-38(39)49-44(53)35-20-16-19-34-33-24-23-31(27-40(33)54-42(34)35)43-50-45(47(5,6)7)52-46(51-43)48(8,9)10;1-16(2)13-6-5-9-19-15(13)12-8-7-11(18)10-14(12)17(16,3)4;/h11-19,21-29H,1-10H3;5-7,9-10H,1-4H3;/q2*-1;. The number of furan rings is 1. The van der Waals surface area contributed by atoms with E-state index in [0.29, 0.717) is 5.82 Å². The molecule has 0 saturated carbocycles. The van der Waals surface area contributed by atoms with Gasteiger partial charge < -0.3 is 14.0 Å². The van der Waals surface area contributed by atoms with Crippen LogP contribution in [0.3, 0.4) is 0 Å². The van der Waals surface area contributed by atoms with Crippen LogP contribution in [-0.2, 0) is 41.8 Å². The van der Waals surface area contributed by atoms with Crippen LogP contribution >= 0.6 is 0 Å². The Labute approximate surface area is 449 Å². The third-order valence-corrected chi connectivity index (χ3v) is 15.1. The molecule has 4 aromatic heterocycles. The van der Waals surface area contributed by atoms with Crippen LogP contribution in [0.1, 0.15) is 143 Å². The summed E-state index contributed by atoms with van der Waals surface area (Å²) in [5, 5.41) is 2.03. The van der Waals surface area contributed by atoms with E-state index in [1.165, 1.54) is 39.6 Å². The molecule has 1 aliphatic carbocycles. The van der Waals surface area contributed by atoms with Gasteiger partial charge in [0, 0.05) is 59.6 Å². The predicted octanol–water partition coefficient (Wildman–Crippen LogP) is 17.0.